The van der Waals surface area contributed by atoms with E-state index < -0.39 is 5.41 Å². The van der Waals surface area contributed by atoms with E-state index in [4.69, 9.17) is 16.3 Å². The van der Waals surface area contributed by atoms with Crippen LogP contribution in [0.2, 0.25) is 5.02 Å². The Bertz CT molecular complexity index is 902. The average molecular weight is 400 g/mol. The molecule has 1 saturated carbocycles. The maximum absolute atomic E-state index is 12.4. The van der Waals surface area contributed by atoms with Crippen LogP contribution in [0.1, 0.15) is 29.6 Å². The van der Waals surface area contributed by atoms with Crippen molar-refractivity contribution in [3.05, 3.63) is 53.2 Å². The third kappa shape index (κ3) is 3.33. The number of carbonyl (C=O) groups excluding carboxylic acids is 2. The van der Waals surface area contributed by atoms with Crippen LogP contribution < -0.4 is 10.2 Å². The molecule has 0 spiro atoms. The molecule has 6 nitrogen and oxygen atoms in total. The Morgan fingerprint density at radius 1 is 1.32 bits per heavy atom. The van der Waals surface area contributed by atoms with Crippen molar-refractivity contribution in [1.29, 1.82) is 0 Å². The highest BCUT2D eigenvalue weighted by atomic mass is 35.5. The van der Waals surface area contributed by atoms with Gasteiger partial charge in [-0.25, -0.2) is 4.98 Å². The predicted octanol–water partition coefficient (Wildman–Crippen LogP) is 3.77. The third-order valence-corrected chi connectivity index (χ3v) is 6.11. The quantitative estimate of drug-likeness (QED) is 0.792. The van der Waals surface area contributed by atoms with E-state index in [2.05, 4.69) is 15.2 Å². The number of rotatable bonds is 4. The van der Waals surface area contributed by atoms with Gasteiger partial charge in [0.1, 0.15) is 5.82 Å². The standard InChI is InChI=1S/C21H22ClN3O3/c1-28-20(27)21-9-3-4-15(21)12-25(13-21)18-8-7-14(11-23-18)19(26)24-17-6-2-5-16(22)10-17/h2,5-8,10-11,15H,3-4,9,12-13H2,1H3,(H,24,26). The van der Waals surface area contributed by atoms with E-state index in [1.165, 1.54) is 7.11 Å². The van der Waals surface area contributed by atoms with E-state index in [9.17, 15) is 9.59 Å². The lowest BCUT2D eigenvalue weighted by molar-refractivity contribution is -0.152. The molecule has 1 aromatic heterocycles. The van der Waals surface area contributed by atoms with Gasteiger partial charge in [-0.15, -0.1) is 0 Å². The number of ether oxygens (including phenoxy) is 1. The first-order valence-corrected chi connectivity index (χ1v) is 9.76. The molecule has 2 fully saturated rings. The van der Waals surface area contributed by atoms with Crippen molar-refractivity contribution >= 4 is 35.0 Å². The number of nitrogens with one attached hydrogen (secondary N) is 1. The minimum Gasteiger partial charge on any atom is -0.469 e. The number of benzene rings is 1. The van der Waals surface area contributed by atoms with E-state index in [0.29, 0.717) is 28.7 Å². The summed E-state index contributed by atoms with van der Waals surface area (Å²) in [5.74, 6) is 0.713. The maximum atomic E-state index is 12.4. The highest BCUT2D eigenvalue weighted by Crippen LogP contribution is 2.50. The molecule has 2 aromatic rings. The second-order valence-electron chi connectivity index (χ2n) is 7.49. The molecule has 1 saturated heterocycles. The molecular formula is C21H22ClN3O3. The van der Waals surface area contributed by atoms with Crippen molar-refractivity contribution in [3.63, 3.8) is 0 Å². The monoisotopic (exact) mass is 399 g/mol. The van der Waals surface area contributed by atoms with Gasteiger partial charge < -0.3 is 15.0 Å². The van der Waals surface area contributed by atoms with Gasteiger partial charge in [0.05, 0.1) is 18.1 Å². The highest BCUT2D eigenvalue weighted by molar-refractivity contribution is 6.30. The lowest BCUT2D eigenvalue weighted by Gasteiger charge is -2.25. The molecule has 0 bridgehead atoms. The molecule has 2 unspecified atom stereocenters. The Balaban J connectivity index is 1.46. The molecule has 1 aliphatic carbocycles. The first-order chi connectivity index (χ1) is 13.5. The fourth-order valence-electron chi connectivity index (χ4n) is 4.48. The largest absolute Gasteiger partial charge is 0.469 e. The van der Waals surface area contributed by atoms with E-state index >= 15 is 0 Å². The number of anilines is 2. The minimum atomic E-state index is -0.418. The summed E-state index contributed by atoms with van der Waals surface area (Å²) in [5.41, 5.74) is 0.679. The summed E-state index contributed by atoms with van der Waals surface area (Å²) >= 11 is 5.95. The number of methoxy groups -OCH3 is 1. The molecule has 1 amide bonds. The van der Waals surface area contributed by atoms with Gasteiger partial charge in [-0.2, -0.15) is 0 Å². The van der Waals surface area contributed by atoms with Gasteiger partial charge in [-0.3, -0.25) is 9.59 Å². The Kier molecular flexibility index (Phi) is 4.98. The fourth-order valence-corrected chi connectivity index (χ4v) is 4.67. The first kappa shape index (κ1) is 18.7. The number of nitrogens with zero attached hydrogens (tertiary/aromatic N) is 2. The van der Waals surface area contributed by atoms with Gasteiger partial charge >= 0.3 is 5.97 Å². The summed E-state index contributed by atoms with van der Waals surface area (Å²) < 4.78 is 5.09. The topological polar surface area (TPSA) is 71.5 Å². The van der Waals surface area contributed by atoms with Crippen molar-refractivity contribution < 1.29 is 14.3 Å². The lowest BCUT2D eigenvalue weighted by Crippen LogP contribution is -2.37. The predicted molar refractivity (Wildman–Crippen MR) is 108 cm³/mol. The van der Waals surface area contributed by atoms with Gasteiger partial charge in [0.15, 0.2) is 0 Å². The van der Waals surface area contributed by atoms with E-state index in [0.717, 1.165) is 31.6 Å². The van der Waals surface area contributed by atoms with Crippen LogP contribution in [0.25, 0.3) is 0 Å². The van der Waals surface area contributed by atoms with Crippen molar-refractivity contribution in [2.75, 3.05) is 30.4 Å². The molecule has 4 rings (SSSR count). The highest BCUT2D eigenvalue weighted by Gasteiger charge is 2.55. The molecule has 2 atom stereocenters. The number of esters is 1. The molecule has 1 aliphatic heterocycles. The normalized spacial score (nSPS) is 23.4. The number of pyridine rings is 1. The Hall–Kier alpha value is -2.60. The number of halogens is 1. The number of hydrogen-bond donors (Lipinski definition) is 1. The van der Waals surface area contributed by atoms with Crippen LogP contribution in [0.5, 0.6) is 0 Å². The zero-order valence-corrected chi connectivity index (χ0v) is 16.4. The van der Waals surface area contributed by atoms with Gasteiger partial charge in [-0.1, -0.05) is 24.1 Å². The van der Waals surface area contributed by atoms with Crippen LogP contribution in [0.15, 0.2) is 42.6 Å². The van der Waals surface area contributed by atoms with E-state index in [-0.39, 0.29) is 11.9 Å². The minimum absolute atomic E-state index is 0.116. The van der Waals surface area contributed by atoms with E-state index in [1.807, 2.05) is 6.07 Å². The smallest absolute Gasteiger partial charge is 0.313 e. The summed E-state index contributed by atoms with van der Waals surface area (Å²) in [7, 11) is 1.46. The van der Waals surface area contributed by atoms with Gasteiger partial charge in [0.2, 0.25) is 0 Å². The van der Waals surface area contributed by atoms with Gasteiger partial charge in [0.25, 0.3) is 5.91 Å². The van der Waals surface area contributed by atoms with Gasteiger partial charge in [0, 0.05) is 30.0 Å². The third-order valence-electron chi connectivity index (χ3n) is 5.88. The van der Waals surface area contributed by atoms with Crippen LogP contribution in [-0.4, -0.2) is 37.1 Å². The number of aromatic nitrogens is 1. The van der Waals surface area contributed by atoms with Crippen LogP contribution in [0.4, 0.5) is 11.5 Å². The molecule has 2 aliphatic rings. The van der Waals surface area contributed by atoms with Crippen molar-refractivity contribution in [1.82, 2.24) is 4.98 Å². The second kappa shape index (κ2) is 7.43. The summed E-state index contributed by atoms with van der Waals surface area (Å²) in [6, 6.07) is 10.6. The first-order valence-electron chi connectivity index (χ1n) is 9.38. The molecule has 0 radical (unpaired) electrons. The molecule has 7 heteroatoms. The molecule has 2 heterocycles. The lowest BCUT2D eigenvalue weighted by atomic mass is 9.81. The van der Waals surface area contributed by atoms with Crippen LogP contribution in [0.3, 0.4) is 0 Å². The van der Waals surface area contributed by atoms with Crippen molar-refractivity contribution in [2.24, 2.45) is 11.3 Å². The van der Waals surface area contributed by atoms with Gasteiger partial charge in [-0.05, 0) is 49.1 Å². The molecule has 28 heavy (non-hydrogen) atoms. The zero-order chi connectivity index (χ0) is 19.7. The second-order valence-corrected chi connectivity index (χ2v) is 7.92. The molecular weight excluding hydrogens is 378 g/mol. The molecule has 1 N–H and O–H groups in total. The van der Waals surface area contributed by atoms with Crippen LogP contribution in [0, 0.1) is 11.3 Å². The Morgan fingerprint density at radius 2 is 2.18 bits per heavy atom. The van der Waals surface area contributed by atoms with Crippen molar-refractivity contribution in [3.8, 4) is 0 Å². The number of carbonyl (C=O) groups is 2. The van der Waals surface area contributed by atoms with Crippen LogP contribution >= 0.6 is 11.6 Å². The Labute approximate surface area is 168 Å². The summed E-state index contributed by atoms with van der Waals surface area (Å²) in [4.78, 5) is 31.4. The summed E-state index contributed by atoms with van der Waals surface area (Å²) in [6.45, 7) is 1.40. The van der Waals surface area contributed by atoms with E-state index in [1.54, 1.807) is 36.5 Å². The van der Waals surface area contributed by atoms with Crippen molar-refractivity contribution in [2.45, 2.75) is 19.3 Å². The summed E-state index contributed by atoms with van der Waals surface area (Å²) in [5, 5.41) is 3.37. The van der Waals surface area contributed by atoms with Crippen LogP contribution in [-0.2, 0) is 9.53 Å². The number of fused-ring (bicyclic) bond motifs is 1. The Morgan fingerprint density at radius 3 is 2.89 bits per heavy atom. The summed E-state index contributed by atoms with van der Waals surface area (Å²) in [6.07, 6.45) is 4.52. The maximum Gasteiger partial charge on any atom is 0.313 e. The SMILES string of the molecule is COC(=O)C12CCCC1CN(c1ccc(C(=O)Nc3cccc(Cl)c3)cn1)C2. The zero-order valence-electron chi connectivity index (χ0n) is 15.7. The number of amides is 1. The molecule has 1 aromatic carbocycles. The fraction of sp³-hybridized carbons (Fsp3) is 0.381. The molecule has 146 valence electrons. The number of hydrogen-bond acceptors (Lipinski definition) is 5. The average Bonchev–Trinajstić information content (AvgIpc) is 3.26.